The standard InChI is InChI=1S/C19H34.C4H10.C3H8/c1-6-11-18-16(4)14-17(5)19(18)13-10-8-7-9-12-15(2)3;1-3-4-2;1-3-2/h8,10,16-19H,2,6-7,9,11-14H2,1,3-5H3;3-4H2,1-2H3;3H2,1-2H3/b10-8-;;/t16-,17+,18+,19?;;/m1../s1. The van der Waals surface area contributed by atoms with Crippen molar-refractivity contribution in [2.75, 3.05) is 0 Å². The summed E-state index contributed by atoms with van der Waals surface area (Å²) in [6.07, 6.45) is 18.0. The zero-order valence-corrected chi connectivity index (χ0v) is 19.7. The molecule has 0 amide bonds. The van der Waals surface area contributed by atoms with Crippen molar-refractivity contribution in [2.24, 2.45) is 23.7 Å². The van der Waals surface area contributed by atoms with Crippen LogP contribution in [0.1, 0.15) is 120 Å². The van der Waals surface area contributed by atoms with Crippen LogP contribution in [0.2, 0.25) is 0 Å². The van der Waals surface area contributed by atoms with Crippen molar-refractivity contribution >= 4 is 0 Å². The van der Waals surface area contributed by atoms with Gasteiger partial charge in [0.1, 0.15) is 0 Å². The molecule has 0 radical (unpaired) electrons. The Kier molecular flexibility index (Phi) is 20.5. The second kappa shape index (κ2) is 19.2. The molecule has 0 aromatic carbocycles. The first-order valence-corrected chi connectivity index (χ1v) is 11.7. The van der Waals surface area contributed by atoms with E-state index >= 15 is 0 Å². The minimum atomic E-state index is 0.923. The third kappa shape index (κ3) is 14.6. The van der Waals surface area contributed by atoms with Gasteiger partial charge >= 0.3 is 0 Å². The molecule has 1 aliphatic rings. The highest BCUT2D eigenvalue weighted by atomic mass is 14.4. The van der Waals surface area contributed by atoms with Gasteiger partial charge in [-0.3, -0.25) is 0 Å². The second-order valence-corrected chi connectivity index (χ2v) is 8.57. The van der Waals surface area contributed by atoms with Crippen LogP contribution in [0.5, 0.6) is 0 Å². The zero-order valence-electron chi connectivity index (χ0n) is 19.7. The fraction of sp³-hybridized carbons (Fsp3) is 0.846. The Morgan fingerprint density at radius 1 is 0.885 bits per heavy atom. The van der Waals surface area contributed by atoms with Crippen LogP contribution in [0, 0.1) is 23.7 Å². The lowest BCUT2D eigenvalue weighted by molar-refractivity contribution is 0.281. The molecule has 0 heterocycles. The first-order chi connectivity index (χ1) is 12.4. The van der Waals surface area contributed by atoms with Crippen molar-refractivity contribution in [3.05, 3.63) is 24.3 Å². The number of hydrogen-bond donors (Lipinski definition) is 0. The maximum absolute atomic E-state index is 3.96. The van der Waals surface area contributed by atoms with E-state index in [2.05, 4.69) is 74.1 Å². The van der Waals surface area contributed by atoms with Crippen LogP contribution in [-0.4, -0.2) is 0 Å². The molecule has 0 spiro atoms. The Labute approximate surface area is 167 Å². The zero-order chi connectivity index (χ0) is 20.4. The maximum Gasteiger partial charge on any atom is -0.0317 e. The molecule has 0 aromatic rings. The van der Waals surface area contributed by atoms with Gasteiger partial charge < -0.3 is 0 Å². The fourth-order valence-electron chi connectivity index (χ4n) is 3.91. The van der Waals surface area contributed by atoms with E-state index in [1.807, 2.05) is 0 Å². The number of rotatable bonds is 9. The minimum absolute atomic E-state index is 0.923. The van der Waals surface area contributed by atoms with Crippen LogP contribution in [0.3, 0.4) is 0 Å². The molecular formula is C26H52. The largest absolute Gasteiger partial charge is 0.100 e. The summed E-state index contributed by atoms with van der Waals surface area (Å²) in [6.45, 7) is 22.0. The topological polar surface area (TPSA) is 0 Å². The van der Waals surface area contributed by atoms with Gasteiger partial charge in [-0.15, -0.1) is 6.58 Å². The summed E-state index contributed by atoms with van der Waals surface area (Å²) in [4.78, 5) is 0. The summed E-state index contributed by atoms with van der Waals surface area (Å²) in [5, 5.41) is 0. The van der Waals surface area contributed by atoms with Crippen LogP contribution in [0.25, 0.3) is 0 Å². The van der Waals surface area contributed by atoms with Crippen LogP contribution < -0.4 is 0 Å². The van der Waals surface area contributed by atoms with E-state index in [4.69, 9.17) is 0 Å². The predicted molar refractivity (Wildman–Crippen MR) is 124 cm³/mol. The number of unbranched alkanes of at least 4 members (excludes halogenated alkanes) is 2. The van der Waals surface area contributed by atoms with E-state index in [0.717, 1.165) is 23.7 Å². The van der Waals surface area contributed by atoms with Crippen LogP contribution in [-0.2, 0) is 0 Å². The highest BCUT2D eigenvalue weighted by Gasteiger charge is 2.36. The highest BCUT2D eigenvalue weighted by Crippen LogP contribution is 2.45. The molecule has 1 unspecified atom stereocenters. The average Bonchev–Trinajstić information content (AvgIpc) is 2.85. The Balaban J connectivity index is 0. The monoisotopic (exact) mass is 364 g/mol. The molecule has 1 rings (SSSR count). The summed E-state index contributed by atoms with van der Waals surface area (Å²) >= 11 is 0. The first kappa shape index (κ1) is 27.7. The van der Waals surface area contributed by atoms with Crippen molar-refractivity contribution in [2.45, 2.75) is 120 Å². The smallest absolute Gasteiger partial charge is 0.0317 e. The summed E-state index contributed by atoms with van der Waals surface area (Å²) in [7, 11) is 0. The molecule has 0 heteroatoms. The molecule has 4 atom stereocenters. The van der Waals surface area contributed by atoms with Gasteiger partial charge in [-0.1, -0.05) is 98.3 Å². The molecule has 0 nitrogen and oxygen atoms in total. The lowest BCUT2D eigenvalue weighted by Crippen LogP contribution is -2.15. The second-order valence-electron chi connectivity index (χ2n) is 8.57. The minimum Gasteiger partial charge on any atom is -0.100 e. The van der Waals surface area contributed by atoms with Crippen LogP contribution >= 0.6 is 0 Å². The van der Waals surface area contributed by atoms with Gasteiger partial charge in [0.15, 0.2) is 0 Å². The van der Waals surface area contributed by atoms with Gasteiger partial charge in [-0.25, -0.2) is 0 Å². The van der Waals surface area contributed by atoms with Crippen molar-refractivity contribution < 1.29 is 0 Å². The maximum atomic E-state index is 3.96. The van der Waals surface area contributed by atoms with Gasteiger partial charge in [0, 0.05) is 0 Å². The molecule has 1 fully saturated rings. The van der Waals surface area contributed by atoms with Crippen LogP contribution in [0.4, 0.5) is 0 Å². The first-order valence-electron chi connectivity index (χ1n) is 11.7. The van der Waals surface area contributed by atoms with Crippen molar-refractivity contribution in [3.63, 3.8) is 0 Å². The van der Waals surface area contributed by atoms with Gasteiger partial charge in [0.05, 0.1) is 0 Å². The summed E-state index contributed by atoms with van der Waals surface area (Å²) in [5.41, 5.74) is 1.31. The number of allylic oxidation sites excluding steroid dienone is 3. The molecule has 1 aliphatic carbocycles. The molecule has 0 N–H and O–H groups in total. The summed E-state index contributed by atoms with van der Waals surface area (Å²) < 4.78 is 0. The Hall–Kier alpha value is -0.520. The third-order valence-corrected chi connectivity index (χ3v) is 5.43. The number of hydrogen-bond acceptors (Lipinski definition) is 0. The molecule has 156 valence electrons. The van der Waals surface area contributed by atoms with Crippen molar-refractivity contribution in [1.29, 1.82) is 0 Å². The summed E-state index contributed by atoms with van der Waals surface area (Å²) in [6, 6.07) is 0. The lowest BCUT2D eigenvalue weighted by Gasteiger charge is -2.23. The SMILES string of the molecule is C=C(C)CCC/C=C\CC1[C@@H](CCC)[C@H](C)C[C@@H]1C.CCC.CCCC. The predicted octanol–water partition coefficient (Wildman–Crippen LogP) is 9.61. The molecule has 26 heavy (non-hydrogen) atoms. The molecule has 0 bridgehead atoms. The van der Waals surface area contributed by atoms with Crippen LogP contribution in [0.15, 0.2) is 24.3 Å². The van der Waals surface area contributed by atoms with Gasteiger partial charge in [-0.2, -0.15) is 0 Å². The highest BCUT2D eigenvalue weighted by molar-refractivity contribution is 4.94. The summed E-state index contributed by atoms with van der Waals surface area (Å²) in [5.74, 6) is 3.77. The van der Waals surface area contributed by atoms with Gasteiger partial charge in [-0.05, 0) is 62.7 Å². The Bertz CT molecular complexity index is 323. The average molecular weight is 365 g/mol. The van der Waals surface area contributed by atoms with E-state index < -0.39 is 0 Å². The van der Waals surface area contributed by atoms with E-state index in [-0.39, 0.29) is 0 Å². The molecular weight excluding hydrogens is 312 g/mol. The molecule has 1 saturated carbocycles. The van der Waals surface area contributed by atoms with E-state index in [0.29, 0.717) is 0 Å². The fourth-order valence-corrected chi connectivity index (χ4v) is 3.91. The van der Waals surface area contributed by atoms with E-state index in [1.54, 1.807) is 0 Å². The van der Waals surface area contributed by atoms with Gasteiger partial charge in [0.25, 0.3) is 0 Å². The van der Waals surface area contributed by atoms with E-state index in [9.17, 15) is 0 Å². The third-order valence-electron chi connectivity index (χ3n) is 5.43. The van der Waals surface area contributed by atoms with Crippen molar-refractivity contribution in [1.82, 2.24) is 0 Å². The Morgan fingerprint density at radius 3 is 1.88 bits per heavy atom. The molecule has 0 saturated heterocycles. The quantitative estimate of drug-likeness (QED) is 0.282. The lowest BCUT2D eigenvalue weighted by atomic mass is 9.82. The van der Waals surface area contributed by atoms with E-state index in [1.165, 1.54) is 69.8 Å². The van der Waals surface area contributed by atoms with Crippen molar-refractivity contribution in [3.8, 4) is 0 Å². The molecule has 0 aliphatic heterocycles. The normalized spacial score (nSPS) is 24.6. The molecule has 0 aromatic heterocycles. The van der Waals surface area contributed by atoms with Gasteiger partial charge in [0.2, 0.25) is 0 Å². The Morgan fingerprint density at radius 2 is 1.42 bits per heavy atom.